The van der Waals surface area contributed by atoms with Crippen LogP contribution < -0.4 is 21.7 Å². The Morgan fingerprint density at radius 1 is 0.980 bits per heavy atom. The summed E-state index contributed by atoms with van der Waals surface area (Å²) >= 11 is 4.14. The molecule has 0 radical (unpaired) electrons. The number of nitrogens with zero attached hydrogens (tertiary/aromatic N) is 8. The molecule has 3 saturated heterocycles. The zero-order chi connectivity index (χ0) is 35.8. The van der Waals surface area contributed by atoms with Gasteiger partial charge in [-0.05, 0) is 19.6 Å². The van der Waals surface area contributed by atoms with Crippen molar-refractivity contribution in [2.45, 2.75) is 70.5 Å². The van der Waals surface area contributed by atoms with Gasteiger partial charge in [0.05, 0.1) is 31.5 Å². The van der Waals surface area contributed by atoms with Gasteiger partial charge in [-0.3, -0.25) is 28.0 Å². The fourth-order valence-corrected chi connectivity index (χ4v) is 8.44. The largest absolute Gasteiger partial charge is 0.386 e. The van der Waals surface area contributed by atoms with E-state index in [1.807, 2.05) is 0 Å². The average molecular weight is 759 g/mol. The molecule has 7 rings (SSSR count). The van der Waals surface area contributed by atoms with Gasteiger partial charge in [-0.15, -0.1) is 0 Å². The molecule has 50 heavy (non-hydrogen) atoms. The van der Waals surface area contributed by atoms with E-state index in [2.05, 4.69) is 72.5 Å². The number of aromatic amines is 1. The van der Waals surface area contributed by atoms with Crippen LogP contribution in [0.25, 0.3) is 22.3 Å². The van der Waals surface area contributed by atoms with Gasteiger partial charge < -0.3 is 25.8 Å². The minimum Gasteiger partial charge on any atom is -0.382 e. The predicted octanol–water partition coefficient (Wildman–Crippen LogP) is 0.720. The number of imidazole rings is 2. The molecule has 0 amide bonds. The number of fused-ring (bicyclic) bond motifs is 5. The Kier molecular flexibility index (Phi) is 10.8. The Morgan fingerprint density at radius 3 is 2.42 bits per heavy atom. The van der Waals surface area contributed by atoms with Crippen molar-refractivity contribution < 1.29 is 35.7 Å². The average Bonchev–Trinajstić information content (AvgIpc) is 3.85. The van der Waals surface area contributed by atoms with E-state index in [0.717, 1.165) is 0 Å². The molecule has 274 valence electrons. The van der Waals surface area contributed by atoms with Crippen LogP contribution in [0.3, 0.4) is 0 Å². The maximum atomic E-state index is 13.3. The maximum absolute atomic E-state index is 13.3. The summed E-state index contributed by atoms with van der Waals surface area (Å²) < 4.78 is 73.8. The Morgan fingerprint density at radius 2 is 1.70 bits per heavy atom. The highest BCUT2D eigenvalue weighted by Gasteiger charge is 2.46. The highest BCUT2D eigenvalue weighted by Crippen LogP contribution is 2.56. The number of nitrogens with one attached hydrogen (secondary N) is 2. The molecule has 4 aromatic heterocycles. The quantitative estimate of drug-likeness (QED) is 0.139. The second-order valence-corrected chi connectivity index (χ2v) is 15.8. The van der Waals surface area contributed by atoms with Crippen LogP contribution in [0.5, 0.6) is 0 Å². The predicted molar refractivity (Wildman–Crippen MR) is 182 cm³/mol. The number of hydrogen-bond donors (Lipinski definition) is 5. The SMILES string of the molecule is CCN(CC)CC.Nc1nc2c(ncn2[C@H]2O[C@@H]3CO[P@](=O)(S)O[C@H]4C[C@H](n5cnc6c(N)ncnc65)O[C@@H]4CNS(=O)(=O)O[C@@H]2C3)c(=O)[nH]1. The normalized spacial score (nSPS) is 29.9. The third-order valence-electron chi connectivity index (χ3n) is 8.49. The standard InChI is InChI=1S/C20H24N11O9PS2.C6H15N/c21-15-13-16(24-5-23-15)30(6-25-13)12-2-9-11(38-12)3-27-43(34,35)40-10-1-8(4-36-41(33,42)39-9)37-19(10)31-7-26-14-17(31)28-20(22)29-18(14)32;1-4-7(5-2)6-3/h5-12,19,27H,1-4H2,(H,33,42)(H2,21,23,24)(H3,22,28,29,32);4-6H2,1-3H3/t8-,9-,10+,11+,12+,19-,41-;/m0./s1. The number of thiol groups is 1. The van der Waals surface area contributed by atoms with Crippen LogP contribution in [0, 0.1) is 0 Å². The van der Waals surface area contributed by atoms with Gasteiger partial charge in [0.25, 0.3) is 5.56 Å². The van der Waals surface area contributed by atoms with Crippen molar-refractivity contribution in [1.29, 1.82) is 0 Å². The van der Waals surface area contributed by atoms with E-state index in [0.29, 0.717) is 11.2 Å². The maximum Gasteiger partial charge on any atom is 0.386 e. The fourth-order valence-electron chi connectivity index (χ4n) is 5.96. The van der Waals surface area contributed by atoms with Crippen molar-refractivity contribution in [1.82, 2.24) is 48.7 Å². The summed E-state index contributed by atoms with van der Waals surface area (Å²) in [6.45, 7) is 5.48. The van der Waals surface area contributed by atoms with Crippen molar-refractivity contribution in [3.63, 3.8) is 0 Å². The summed E-state index contributed by atoms with van der Waals surface area (Å²) in [4.78, 5) is 37.5. The molecule has 3 aliphatic heterocycles. The molecule has 0 aromatic carbocycles. The van der Waals surface area contributed by atoms with Gasteiger partial charge in [0.2, 0.25) is 5.95 Å². The zero-order valence-electron chi connectivity index (χ0n) is 27.4. The van der Waals surface area contributed by atoms with Gasteiger partial charge in [0, 0.05) is 19.4 Å². The third kappa shape index (κ3) is 7.81. The summed E-state index contributed by atoms with van der Waals surface area (Å²) in [7, 11) is -4.43. The van der Waals surface area contributed by atoms with Crippen LogP contribution in [-0.4, -0.2) is 110 Å². The number of anilines is 2. The lowest BCUT2D eigenvalue weighted by Crippen LogP contribution is -2.40. The molecule has 3 fully saturated rings. The Bertz CT molecular complexity index is 2040. The molecular weight excluding hydrogens is 719 g/mol. The molecule has 21 nitrogen and oxygen atoms in total. The van der Waals surface area contributed by atoms with Gasteiger partial charge >= 0.3 is 17.1 Å². The number of nitrogen functional groups attached to an aromatic ring is 2. The van der Waals surface area contributed by atoms with E-state index in [9.17, 15) is 17.8 Å². The summed E-state index contributed by atoms with van der Waals surface area (Å²) in [5, 5.41) is 0. The monoisotopic (exact) mass is 758 g/mol. The van der Waals surface area contributed by atoms with Crippen LogP contribution >= 0.6 is 19.0 Å². The smallest absolute Gasteiger partial charge is 0.382 e. The van der Waals surface area contributed by atoms with Crippen LogP contribution in [0.15, 0.2) is 23.8 Å². The Hall–Kier alpha value is -3.25. The molecule has 0 unspecified atom stereocenters. The first-order chi connectivity index (χ1) is 23.8. The first kappa shape index (κ1) is 36.5. The second kappa shape index (κ2) is 14.8. The second-order valence-electron chi connectivity index (χ2n) is 11.6. The summed E-state index contributed by atoms with van der Waals surface area (Å²) in [5.74, 6) is -0.00756. The summed E-state index contributed by atoms with van der Waals surface area (Å²) in [6.07, 6.45) is -1.63. The highest BCUT2D eigenvalue weighted by molar-refractivity contribution is 8.44. The molecule has 0 saturated carbocycles. The van der Waals surface area contributed by atoms with Gasteiger partial charge in [0.1, 0.15) is 30.3 Å². The van der Waals surface area contributed by atoms with Gasteiger partial charge in [-0.2, -0.15) is 18.1 Å². The number of rotatable bonds is 5. The lowest BCUT2D eigenvalue weighted by atomic mass is 10.2. The number of hydrogen-bond acceptors (Lipinski definition) is 17. The van der Waals surface area contributed by atoms with Crippen molar-refractivity contribution in [3.05, 3.63) is 29.3 Å². The minimum absolute atomic E-state index is 0.0121. The van der Waals surface area contributed by atoms with E-state index < -0.39 is 59.5 Å². The number of ether oxygens (including phenoxy) is 2. The fraction of sp³-hybridized carbons (Fsp3) is 0.615. The Balaban J connectivity index is 0.000000561. The van der Waals surface area contributed by atoms with E-state index in [4.69, 9.17) is 34.2 Å². The van der Waals surface area contributed by atoms with Gasteiger partial charge in [-0.25, -0.2) is 28.7 Å². The molecular formula is C26H39N12O9PS2. The molecule has 2 bridgehead atoms. The summed E-state index contributed by atoms with van der Waals surface area (Å²) in [5.41, 5.74) is 11.7. The lowest BCUT2D eigenvalue weighted by Gasteiger charge is -2.24. The van der Waals surface area contributed by atoms with E-state index in [1.54, 1.807) is 4.57 Å². The summed E-state index contributed by atoms with van der Waals surface area (Å²) in [6, 6.07) is 0. The van der Waals surface area contributed by atoms with Crippen molar-refractivity contribution in [2.75, 3.05) is 44.3 Å². The van der Waals surface area contributed by atoms with Crippen molar-refractivity contribution in [3.8, 4) is 0 Å². The van der Waals surface area contributed by atoms with Gasteiger partial charge in [0.15, 0.2) is 28.9 Å². The van der Waals surface area contributed by atoms with E-state index >= 15 is 0 Å². The lowest BCUT2D eigenvalue weighted by molar-refractivity contribution is -0.0439. The van der Waals surface area contributed by atoms with Crippen LogP contribution in [0.2, 0.25) is 0 Å². The molecule has 6 N–H and O–H groups in total. The molecule has 4 aromatic rings. The molecule has 24 heteroatoms. The van der Waals surface area contributed by atoms with Crippen LogP contribution in [-0.2, 0) is 37.6 Å². The van der Waals surface area contributed by atoms with Crippen LogP contribution in [0.1, 0.15) is 46.1 Å². The highest BCUT2D eigenvalue weighted by atomic mass is 32.7. The van der Waals surface area contributed by atoms with Crippen molar-refractivity contribution >= 4 is 63.4 Å². The minimum atomic E-state index is -4.43. The Labute approximate surface area is 291 Å². The van der Waals surface area contributed by atoms with E-state index in [-0.39, 0.29) is 48.9 Å². The third-order valence-corrected chi connectivity index (χ3v) is 11.2. The van der Waals surface area contributed by atoms with Crippen molar-refractivity contribution in [2.24, 2.45) is 0 Å². The topological polar surface area (TPSA) is 272 Å². The molecule has 0 aliphatic carbocycles. The number of H-pyrrole nitrogens is 1. The number of nitrogens with two attached hydrogens (primary N) is 2. The number of aromatic nitrogens is 8. The van der Waals surface area contributed by atoms with Crippen LogP contribution in [0.4, 0.5) is 11.8 Å². The molecule has 7 atom stereocenters. The molecule has 3 aliphatic rings. The first-order valence-corrected chi connectivity index (χ1v) is 19.9. The molecule has 7 heterocycles. The van der Waals surface area contributed by atoms with E-state index in [1.165, 1.54) is 43.2 Å². The van der Waals surface area contributed by atoms with Gasteiger partial charge in [-0.1, -0.05) is 33.0 Å². The molecule has 0 spiro atoms. The zero-order valence-corrected chi connectivity index (χ0v) is 30.0. The first-order valence-electron chi connectivity index (χ1n) is 15.8.